The second-order valence-electron chi connectivity index (χ2n) is 7.00. The second-order valence-corrected chi connectivity index (χ2v) is 7.41. The predicted molar refractivity (Wildman–Crippen MR) is 121 cm³/mol. The number of nitrogen functional groups attached to an aromatic ring is 1. The van der Waals surface area contributed by atoms with Gasteiger partial charge in [0, 0.05) is 79.6 Å². The Kier molecular flexibility index (Phi) is 5.94. The lowest BCUT2D eigenvalue weighted by atomic mass is 10.1. The molecular formula is C21H23ClN8. The zero-order chi connectivity index (χ0) is 20.9. The molecule has 0 saturated carbocycles. The van der Waals surface area contributed by atoms with E-state index in [1.807, 2.05) is 54.6 Å². The summed E-state index contributed by atoms with van der Waals surface area (Å²) in [6.07, 6.45) is 10.8. The number of nitrogens with zero attached hydrogens (tertiary/aromatic N) is 5. The van der Waals surface area contributed by atoms with E-state index in [1.165, 1.54) is 0 Å². The summed E-state index contributed by atoms with van der Waals surface area (Å²) in [6, 6.07) is 5.84. The van der Waals surface area contributed by atoms with Gasteiger partial charge in [-0.15, -0.1) is 0 Å². The fraction of sp³-hybridized carbons (Fsp3) is 0.238. The van der Waals surface area contributed by atoms with E-state index in [2.05, 4.69) is 30.6 Å². The van der Waals surface area contributed by atoms with Crippen molar-refractivity contribution in [2.75, 3.05) is 22.9 Å². The van der Waals surface area contributed by atoms with Gasteiger partial charge in [-0.25, -0.2) is 19.9 Å². The van der Waals surface area contributed by atoms with Gasteiger partial charge in [-0.3, -0.25) is 0 Å². The number of nitrogens with one attached hydrogen (secondary N) is 2. The van der Waals surface area contributed by atoms with Crippen molar-refractivity contribution in [2.24, 2.45) is 7.05 Å². The van der Waals surface area contributed by atoms with Gasteiger partial charge in [-0.2, -0.15) is 0 Å². The molecule has 3 aromatic heterocycles. The van der Waals surface area contributed by atoms with Crippen LogP contribution in [-0.4, -0.2) is 31.0 Å². The van der Waals surface area contributed by atoms with Crippen LogP contribution in [0.5, 0.6) is 0 Å². The molecule has 9 heteroatoms. The number of pyridine rings is 1. The summed E-state index contributed by atoms with van der Waals surface area (Å²) in [5.74, 6) is 2.17. The number of imidazole rings is 1. The zero-order valence-electron chi connectivity index (χ0n) is 16.6. The number of rotatable bonds is 8. The Morgan fingerprint density at radius 2 is 1.87 bits per heavy atom. The van der Waals surface area contributed by atoms with Crippen LogP contribution in [0, 0.1) is 0 Å². The lowest BCUT2D eigenvalue weighted by molar-refractivity contribution is 0.739. The SMILES string of the molecule is Cn1ccnc1CCCNc1ncc(CNc2ccc3c(N)ncc(Cl)c3c2)cn1. The van der Waals surface area contributed by atoms with Gasteiger partial charge in [0.1, 0.15) is 11.6 Å². The third kappa shape index (κ3) is 4.60. The van der Waals surface area contributed by atoms with Crippen molar-refractivity contribution < 1.29 is 0 Å². The number of anilines is 3. The molecule has 30 heavy (non-hydrogen) atoms. The molecule has 0 bridgehead atoms. The molecule has 0 aliphatic rings. The second kappa shape index (κ2) is 8.96. The molecule has 0 aliphatic carbocycles. The van der Waals surface area contributed by atoms with Crippen LogP contribution in [-0.2, 0) is 20.0 Å². The van der Waals surface area contributed by atoms with Gasteiger partial charge in [0.15, 0.2) is 0 Å². The Labute approximate surface area is 179 Å². The number of hydrogen-bond acceptors (Lipinski definition) is 7. The number of nitrogens with two attached hydrogens (primary N) is 1. The van der Waals surface area contributed by atoms with Crippen LogP contribution in [0.3, 0.4) is 0 Å². The molecule has 1 aromatic carbocycles. The highest BCUT2D eigenvalue weighted by atomic mass is 35.5. The average molecular weight is 423 g/mol. The van der Waals surface area contributed by atoms with E-state index < -0.39 is 0 Å². The molecule has 4 N–H and O–H groups in total. The molecule has 0 atom stereocenters. The number of benzene rings is 1. The summed E-state index contributed by atoms with van der Waals surface area (Å²) >= 11 is 6.25. The molecule has 4 rings (SSSR count). The summed E-state index contributed by atoms with van der Waals surface area (Å²) < 4.78 is 2.04. The minimum Gasteiger partial charge on any atom is -0.383 e. The van der Waals surface area contributed by atoms with Crippen LogP contribution in [0.15, 0.2) is 49.2 Å². The molecule has 0 fully saturated rings. The highest BCUT2D eigenvalue weighted by Gasteiger charge is 2.06. The van der Waals surface area contributed by atoms with Gasteiger partial charge in [-0.05, 0) is 24.6 Å². The summed E-state index contributed by atoms with van der Waals surface area (Å²) in [6.45, 7) is 1.39. The van der Waals surface area contributed by atoms with Crippen molar-refractivity contribution in [1.29, 1.82) is 0 Å². The van der Waals surface area contributed by atoms with Crippen LogP contribution in [0.2, 0.25) is 5.02 Å². The lowest BCUT2D eigenvalue weighted by Gasteiger charge is -2.10. The van der Waals surface area contributed by atoms with Crippen molar-refractivity contribution in [3.05, 3.63) is 65.6 Å². The third-order valence-electron chi connectivity index (χ3n) is 4.85. The van der Waals surface area contributed by atoms with Gasteiger partial charge in [0.2, 0.25) is 5.95 Å². The number of fused-ring (bicyclic) bond motifs is 1. The highest BCUT2D eigenvalue weighted by Crippen LogP contribution is 2.29. The number of aryl methyl sites for hydroxylation is 2. The molecule has 0 unspecified atom stereocenters. The maximum atomic E-state index is 6.25. The Hall–Kier alpha value is -3.39. The molecule has 0 amide bonds. The first-order valence-electron chi connectivity index (χ1n) is 9.69. The normalized spacial score (nSPS) is 11.0. The van der Waals surface area contributed by atoms with E-state index in [9.17, 15) is 0 Å². The number of hydrogen-bond donors (Lipinski definition) is 3. The first-order valence-corrected chi connectivity index (χ1v) is 10.1. The molecule has 154 valence electrons. The standard InChI is InChI=1S/C21H23ClN8/c1-30-8-7-24-19(30)3-2-6-25-21-28-11-14(12-29-21)10-26-15-4-5-16-17(9-15)18(22)13-27-20(16)23/h4-5,7-9,11-13,26H,2-3,6,10H2,1H3,(H2,23,27)(H,25,28,29). The van der Waals surface area contributed by atoms with Crippen molar-refractivity contribution in [3.8, 4) is 0 Å². The van der Waals surface area contributed by atoms with Crippen LogP contribution < -0.4 is 16.4 Å². The van der Waals surface area contributed by atoms with E-state index in [0.29, 0.717) is 23.3 Å². The average Bonchev–Trinajstić information content (AvgIpc) is 3.18. The fourth-order valence-electron chi connectivity index (χ4n) is 3.17. The van der Waals surface area contributed by atoms with E-state index in [4.69, 9.17) is 17.3 Å². The molecule has 0 aliphatic heterocycles. The molecule has 8 nitrogen and oxygen atoms in total. The highest BCUT2D eigenvalue weighted by molar-refractivity contribution is 6.35. The Bertz CT molecular complexity index is 1140. The zero-order valence-corrected chi connectivity index (χ0v) is 17.4. The Morgan fingerprint density at radius 1 is 1.03 bits per heavy atom. The molecule has 0 saturated heterocycles. The molecule has 4 aromatic rings. The summed E-state index contributed by atoms with van der Waals surface area (Å²) in [5, 5.41) is 8.90. The topological polar surface area (TPSA) is 107 Å². The predicted octanol–water partition coefficient (Wildman–Crippen LogP) is 3.65. The third-order valence-corrected chi connectivity index (χ3v) is 5.15. The largest absolute Gasteiger partial charge is 0.383 e. The van der Waals surface area contributed by atoms with E-state index in [0.717, 1.165) is 47.2 Å². The van der Waals surface area contributed by atoms with Crippen molar-refractivity contribution in [1.82, 2.24) is 24.5 Å². The Morgan fingerprint density at radius 3 is 2.63 bits per heavy atom. The van der Waals surface area contributed by atoms with Crippen LogP contribution in [0.4, 0.5) is 17.5 Å². The van der Waals surface area contributed by atoms with Crippen LogP contribution in [0.1, 0.15) is 17.8 Å². The van der Waals surface area contributed by atoms with Crippen molar-refractivity contribution >= 4 is 39.8 Å². The minimum atomic E-state index is 0.470. The molecule has 0 spiro atoms. The summed E-state index contributed by atoms with van der Waals surface area (Å²) in [4.78, 5) is 17.2. The monoisotopic (exact) mass is 422 g/mol. The van der Waals surface area contributed by atoms with Gasteiger partial charge in [-0.1, -0.05) is 11.6 Å². The number of aromatic nitrogens is 5. The van der Waals surface area contributed by atoms with E-state index in [-0.39, 0.29) is 0 Å². The van der Waals surface area contributed by atoms with Crippen molar-refractivity contribution in [2.45, 2.75) is 19.4 Å². The number of halogens is 1. The Balaban J connectivity index is 1.29. The molecule has 0 radical (unpaired) electrons. The first-order chi connectivity index (χ1) is 14.6. The summed E-state index contributed by atoms with van der Waals surface area (Å²) in [5.41, 5.74) is 7.83. The van der Waals surface area contributed by atoms with Gasteiger partial charge >= 0.3 is 0 Å². The smallest absolute Gasteiger partial charge is 0.222 e. The van der Waals surface area contributed by atoms with Crippen molar-refractivity contribution in [3.63, 3.8) is 0 Å². The maximum absolute atomic E-state index is 6.25. The van der Waals surface area contributed by atoms with E-state index >= 15 is 0 Å². The maximum Gasteiger partial charge on any atom is 0.222 e. The lowest BCUT2D eigenvalue weighted by Crippen LogP contribution is -2.08. The fourth-order valence-corrected chi connectivity index (χ4v) is 3.37. The molecular weight excluding hydrogens is 400 g/mol. The quantitative estimate of drug-likeness (QED) is 0.372. The molecule has 3 heterocycles. The minimum absolute atomic E-state index is 0.470. The van der Waals surface area contributed by atoms with Gasteiger partial charge < -0.3 is 20.9 Å². The van der Waals surface area contributed by atoms with Gasteiger partial charge in [0.25, 0.3) is 0 Å². The van der Waals surface area contributed by atoms with Crippen LogP contribution >= 0.6 is 11.6 Å². The first kappa shape index (κ1) is 19.9. The summed E-state index contributed by atoms with van der Waals surface area (Å²) in [7, 11) is 2.00. The van der Waals surface area contributed by atoms with E-state index in [1.54, 1.807) is 6.20 Å². The van der Waals surface area contributed by atoms with Gasteiger partial charge in [0.05, 0.1) is 5.02 Å². The van der Waals surface area contributed by atoms with Crippen LogP contribution in [0.25, 0.3) is 10.8 Å².